The van der Waals surface area contributed by atoms with Crippen LogP contribution in [-0.4, -0.2) is 73.5 Å². The van der Waals surface area contributed by atoms with Gasteiger partial charge in [-0.25, -0.2) is 0 Å². The topological polar surface area (TPSA) is 74.6 Å². The second-order valence-electron chi connectivity index (χ2n) is 2.93. The number of carboxylic acid groups (broad SMARTS) is 2. The van der Waals surface area contributed by atoms with Crippen LogP contribution in [0.3, 0.4) is 0 Å². The predicted molar refractivity (Wildman–Crippen MR) is 50.0 cm³/mol. The summed E-state index contributed by atoms with van der Waals surface area (Å²) >= 11 is 0. The molecule has 0 aliphatic heterocycles. The van der Waals surface area contributed by atoms with Crippen molar-refractivity contribution in [1.29, 1.82) is 0 Å². The Morgan fingerprint density at radius 3 is 2.00 bits per heavy atom. The second kappa shape index (κ2) is 7.93. The van der Waals surface area contributed by atoms with E-state index < -0.39 is 17.9 Å². The van der Waals surface area contributed by atoms with Crippen molar-refractivity contribution in [3.63, 3.8) is 0 Å². The Morgan fingerprint density at radius 2 is 1.77 bits per heavy atom. The molecule has 0 saturated carbocycles. The van der Waals surface area contributed by atoms with E-state index in [9.17, 15) is 9.59 Å². The molecule has 0 heterocycles. The van der Waals surface area contributed by atoms with E-state index in [1.807, 2.05) is 0 Å². The van der Waals surface area contributed by atoms with E-state index in [1.165, 1.54) is 0 Å². The maximum atomic E-state index is 10.6. The van der Waals surface area contributed by atoms with Gasteiger partial charge in [-0.05, 0) is 12.3 Å². The monoisotopic (exact) mass is 214 g/mol. The molecule has 0 amide bonds. The molecule has 0 aromatic carbocycles. The van der Waals surface area contributed by atoms with E-state index in [0.717, 1.165) is 0 Å². The van der Waals surface area contributed by atoms with Gasteiger partial charge in [0.15, 0.2) is 0 Å². The van der Waals surface area contributed by atoms with E-state index in [0.29, 0.717) is 6.42 Å². The van der Waals surface area contributed by atoms with Crippen molar-refractivity contribution >= 4 is 63.3 Å². The number of aliphatic carboxylic acids is 2. The molecule has 0 rings (SSSR count). The molecule has 72 valence electrons. The van der Waals surface area contributed by atoms with Gasteiger partial charge in [-0.3, -0.25) is 9.59 Å². The Bertz CT molecular complexity index is 181. The van der Waals surface area contributed by atoms with Crippen LogP contribution < -0.4 is 0 Å². The van der Waals surface area contributed by atoms with Crippen molar-refractivity contribution in [2.24, 2.45) is 11.8 Å². The first-order valence-corrected chi connectivity index (χ1v) is 3.93. The fourth-order valence-electron chi connectivity index (χ4n) is 1.24. The van der Waals surface area contributed by atoms with Crippen LogP contribution in [0.2, 0.25) is 0 Å². The van der Waals surface area contributed by atoms with E-state index in [-0.39, 0.29) is 63.7 Å². The Labute approximate surface area is 120 Å². The summed E-state index contributed by atoms with van der Waals surface area (Å²) in [5.74, 6) is -2.69. The van der Waals surface area contributed by atoms with Crippen molar-refractivity contribution in [3.05, 3.63) is 0 Å². The van der Waals surface area contributed by atoms with Crippen LogP contribution in [0.5, 0.6) is 0 Å². The van der Waals surface area contributed by atoms with Crippen LogP contribution in [0.1, 0.15) is 26.7 Å². The molecule has 0 aliphatic rings. The molecule has 0 aliphatic carbocycles. The molecule has 0 spiro atoms. The minimum absolute atomic E-state index is 0. The zero-order chi connectivity index (χ0) is 9.72. The summed E-state index contributed by atoms with van der Waals surface area (Å²) in [4.78, 5) is 20.8. The van der Waals surface area contributed by atoms with E-state index in [2.05, 4.69) is 0 Å². The van der Waals surface area contributed by atoms with Gasteiger partial charge in [-0.15, -0.1) is 0 Å². The first-order valence-electron chi connectivity index (χ1n) is 3.93. The average Bonchev–Trinajstić information content (AvgIpc) is 1.85. The van der Waals surface area contributed by atoms with Gasteiger partial charge in [0.25, 0.3) is 0 Å². The maximum absolute atomic E-state index is 10.6. The Hall–Kier alpha value is 0.576. The number of hydrogen-bond acceptors (Lipinski definition) is 2. The number of carbonyl (C=O) groups is 2. The molecular weight excluding hydrogens is 199 g/mol. The molecule has 4 nitrogen and oxygen atoms in total. The van der Waals surface area contributed by atoms with Gasteiger partial charge >= 0.3 is 63.3 Å². The Morgan fingerprint density at radius 1 is 1.31 bits per heavy atom. The standard InChI is InChI=1S/C8H14O4.K.H/c1-3-6(8(11)12)5(2)4-7(9)10;;/h5-6H,3-4H2,1-2H3,(H,9,10)(H,11,12);;. The van der Waals surface area contributed by atoms with Crippen LogP contribution in [0.25, 0.3) is 0 Å². The third kappa shape index (κ3) is 6.62. The van der Waals surface area contributed by atoms with Gasteiger partial charge in [-0.2, -0.15) is 0 Å². The third-order valence-electron chi connectivity index (χ3n) is 1.94. The average molecular weight is 214 g/mol. The summed E-state index contributed by atoms with van der Waals surface area (Å²) < 4.78 is 0. The zero-order valence-electron chi connectivity index (χ0n) is 7.28. The van der Waals surface area contributed by atoms with E-state index in [4.69, 9.17) is 10.2 Å². The van der Waals surface area contributed by atoms with Crippen LogP contribution >= 0.6 is 0 Å². The second-order valence-corrected chi connectivity index (χ2v) is 2.93. The summed E-state index contributed by atoms with van der Waals surface area (Å²) in [7, 11) is 0. The number of rotatable bonds is 5. The molecule has 0 aromatic heterocycles. The zero-order valence-corrected chi connectivity index (χ0v) is 7.28. The summed E-state index contributed by atoms with van der Waals surface area (Å²) in [6, 6.07) is 0. The Balaban J connectivity index is 0. The molecule has 5 heteroatoms. The fourth-order valence-corrected chi connectivity index (χ4v) is 1.24. The molecule has 0 bridgehead atoms. The van der Waals surface area contributed by atoms with Crippen LogP contribution in [0.15, 0.2) is 0 Å². The molecule has 0 fully saturated rings. The van der Waals surface area contributed by atoms with Crippen LogP contribution in [-0.2, 0) is 9.59 Å². The number of carboxylic acids is 2. The van der Waals surface area contributed by atoms with Gasteiger partial charge in [-0.1, -0.05) is 13.8 Å². The van der Waals surface area contributed by atoms with Crippen LogP contribution in [0.4, 0.5) is 0 Å². The molecule has 0 aromatic rings. The molecule has 0 radical (unpaired) electrons. The van der Waals surface area contributed by atoms with Crippen molar-refractivity contribution in [1.82, 2.24) is 0 Å². The van der Waals surface area contributed by atoms with Gasteiger partial charge < -0.3 is 10.2 Å². The summed E-state index contributed by atoms with van der Waals surface area (Å²) in [6.45, 7) is 3.40. The molecule has 2 N–H and O–H groups in total. The van der Waals surface area contributed by atoms with Crippen molar-refractivity contribution in [2.45, 2.75) is 26.7 Å². The normalized spacial score (nSPS) is 14.0. The van der Waals surface area contributed by atoms with Gasteiger partial charge in [0.2, 0.25) is 0 Å². The predicted octanol–water partition coefficient (Wildman–Crippen LogP) is 0.559. The molecule has 13 heavy (non-hydrogen) atoms. The first kappa shape index (κ1) is 16.0. The van der Waals surface area contributed by atoms with Gasteiger partial charge in [0, 0.05) is 6.42 Å². The first-order chi connectivity index (χ1) is 5.49. The summed E-state index contributed by atoms with van der Waals surface area (Å²) in [5.41, 5.74) is 0. The fraction of sp³-hybridized carbons (Fsp3) is 0.750. The summed E-state index contributed by atoms with van der Waals surface area (Å²) in [5, 5.41) is 17.1. The van der Waals surface area contributed by atoms with E-state index >= 15 is 0 Å². The van der Waals surface area contributed by atoms with Crippen molar-refractivity contribution < 1.29 is 19.8 Å². The van der Waals surface area contributed by atoms with Crippen LogP contribution in [0, 0.1) is 11.8 Å². The molecule has 0 saturated heterocycles. The third-order valence-corrected chi connectivity index (χ3v) is 1.94. The van der Waals surface area contributed by atoms with Crippen molar-refractivity contribution in [3.8, 4) is 0 Å². The van der Waals surface area contributed by atoms with Gasteiger partial charge in [0.1, 0.15) is 0 Å². The minimum atomic E-state index is -0.942. The quantitative estimate of drug-likeness (QED) is 0.656. The van der Waals surface area contributed by atoms with Crippen molar-refractivity contribution in [2.75, 3.05) is 0 Å². The Kier molecular flexibility index (Phi) is 9.78. The molecule has 2 unspecified atom stereocenters. The molecular formula is C8H15KO4. The number of hydrogen-bond donors (Lipinski definition) is 2. The SMILES string of the molecule is CCC(C(=O)O)C(C)CC(=O)O.[KH]. The molecule has 2 atom stereocenters. The summed E-state index contributed by atoms with van der Waals surface area (Å²) in [6.07, 6.45) is 0.397. The van der Waals surface area contributed by atoms with E-state index in [1.54, 1.807) is 13.8 Å². The van der Waals surface area contributed by atoms with Gasteiger partial charge in [0.05, 0.1) is 5.92 Å².